The summed E-state index contributed by atoms with van der Waals surface area (Å²) in [5.74, 6) is -1.13. The molecule has 0 saturated heterocycles. The Kier molecular flexibility index (Phi) is 5.02. The molecule has 104 valence electrons. The van der Waals surface area contributed by atoms with E-state index in [-0.39, 0.29) is 16.0 Å². The van der Waals surface area contributed by atoms with Gasteiger partial charge in [0, 0.05) is 23.7 Å². The van der Waals surface area contributed by atoms with E-state index in [0.29, 0.717) is 6.07 Å². The highest BCUT2D eigenvalue weighted by atomic mass is 79.9. The number of benzene rings is 1. The zero-order chi connectivity index (χ0) is 14.8. The lowest BCUT2D eigenvalue weighted by molar-refractivity contribution is -0.385. The Morgan fingerprint density at radius 1 is 1.58 bits per heavy atom. The molecule has 0 aromatic heterocycles. The molecule has 0 radical (unpaired) electrons. The number of non-ortho nitro benzene ring substituents is 1. The number of rotatable bonds is 5. The molecule has 0 atom stereocenters. The zero-order valence-electron chi connectivity index (χ0n) is 9.19. The summed E-state index contributed by atoms with van der Waals surface area (Å²) in [5.41, 5.74) is -0.557. The Labute approximate surface area is 121 Å². The highest BCUT2D eigenvalue weighted by molar-refractivity contribution is 9.10. The summed E-state index contributed by atoms with van der Waals surface area (Å²) in [7, 11) is -4.27. The van der Waals surface area contributed by atoms with Gasteiger partial charge in [0.05, 0.1) is 9.40 Å². The molecule has 0 amide bonds. The van der Waals surface area contributed by atoms with Crippen LogP contribution in [0.4, 0.5) is 10.1 Å². The number of sulfonamides is 1. The monoisotopic (exact) mass is 372 g/mol. The van der Waals surface area contributed by atoms with Gasteiger partial charge in [-0.3, -0.25) is 10.1 Å². The van der Waals surface area contributed by atoms with Crippen LogP contribution in [-0.2, 0) is 10.0 Å². The second-order valence-corrected chi connectivity index (χ2v) is 6.46. The Hall–Kier alpha value is -1.03. The number of nitro groups is 1. The largest absolute Gasteiger partial charge is 0.272 e. The van der Waals surface area contributed by atoms with E-state index in [0.717, 1.165) is 6.07 Å². The molecule has 10 heteroatoms. The van der Waals surface area contributed by atoms with Gasteiger partial charge in [0.1, 0.15) is 4.90 Å². The van der Waals surface area contributed by atoms with E-state index in [1.165, 1.54) is 0 Å². The predicted molar refractivity (Wildman–Crippen MR) is 70.9 cm³/mol. The topological polar surface area (TPSA) is 89.3 Å². The Bertz CT molecular complexity index is 650. The normalized spacial score (nSPS) is 11.3. The van der Waals surface area contributed by atoms with Crippen LogP contribution in [0.2, 0.25) is 0 Å². The van der Waals surface area contributed by atoms with E-state index in [1.54, 1.807) is 0 Å². The van der Waals surface area contributed by atoms with Gasteiger partial charge in [-0.1, -0.05) is 18.2 Å². The Morgan fingerprint density at radius 2 is 2.16 bits per heavy atom. The smallest absolute Gasteiger partial charge is 0.258 e. The molecule has 0 heterocycles. The first-order valence-corrected chi connectivity index (χ1v) is 7.27. The van der Waals surface area contributed by atoms with Crippen molar-refractivity contribution in [2.75, 3.05) is 6.54 Å². The zero-order valence-corrected chi connectivity index (χ0v) is 12.3. The fourth-order valence-corrected chi connectivity index (χ4v) is 2.97. The van der Waals surface area contributed by atoms with Gasteiger partial charge in [-0.2, -0.15) is 0 Å². The van der Waals surface area contributed by atoms with Crippen LogP contribution in [0.25, 0.3) is 0 Å². The van der Waals surface area contributed by atoms with Crippen LogP contribution in [-0.4, -0.2) is 19.9 Å². The van der Waals surface area contributed by atoms with Gasteiger partial charge in [0.25, 0.3) is 5.69 Å². The van der Waals surface area contributed by atoms with Crippen molar-refractivity contribution in [3.8, 4) is 0 Å². The van der Waals surface area contributed by atoms with E-state index in [1.807, 2.05) is 4.72 Å². The molecular formula is C9H7BrClFN2O4S. The maximum Gasteiger partial charge on any atom is 0.272 e. The van der Waals surface area contributed by atoms with Crippen LogP contribution in [0.15, 0.2) is 33.1 Å². The molecule has 0 aliphatic heterocycles. The fraction of sp³-hybridized carbons (Fsp3) is 0.111. The SMILES string of the molecule is C=C(Cl)CNS(=O)(=O)c1cc([N+](=O)[O-])cc(Br)c1F. The van der Waals surface area contributed by atoms with Crippen molar-refractivity contribution in [2.45, 2.75) is 4.90 Å². The van der Waals surface area contributed by atoms with Gasteiger partial charge in [0.15, 0.2) is 5.82 Å². The number of hydrogen-bond donors (Lipinski definition) is 1. The minimum absolute atomic E-state index is 0.00604. The molecule has 19 heavy (non-hydrogen) atoms. The van der Waals surface area contributed by atoms with Crippen molar-refractivity contribution >= 4 is 43.2 Å². The summed E-state index contributed by atoms with van der Waals surface area (Å²) in [5, 5.41) is 10.6. The highest BCUT2D eigenvalue weighted by Crippen LogP contribution is 2.28. The third-order valence-electron chi connectivity index (χ3n) is 1.93. The van der Waals surface area contributed by atoms with Gasteiger partial charge >= 0.3 is 0 Å². The number of halogens is 3. The van der Waals surface area contributed by atoms with Crippen LogP contribution in [0.5, 0.6) is 0 Å². The maximum atomic E-state index is 13.7. The van der Waals surface area contributed by atoms with Crippen molar-refractivity contribution in [1.29, 1.82) is 0 Å². The summed E-state index contributed by atoms with van der Waals surface area (Å²) >= 11 is 8.11. The standard InChI is InChI=1S/C9H7BrClFN2O4S/c1-5(11)4-13-19(17,18)8-3-6(14(15)16)2-7(10)9(8)12/h2-3,13H,1,4H2. The third kappa shape index (κ3) is 3.96. The van der Waals surface area contributed by atoms with Crippen LogP contribution in [0.3, 0.4) is 0 Å². The molecule has 0 aliphatic carbocycles. The van der Waals surface area contributed by atoms with Crippen molar-refractivity contribution in [2.24, 2.45) is 0 Å². The number of nitrogens with one attached hydrogen (secondary N) is 1. The van der Waals surface area contributed by atoms with Gasteiger partial charge in [-0.25, -0.2) is 17.5 Å². The van der Waals surface area contributed by atoms with E-state index >= 15 is 0 Å². The van der Waals surface area contributed by atoms with Crippen LogP contribution < -0.4 is 4.72 Å². The van der Waals surface area contributed by atoms with Gasteiger partial charge in [0.2, 0.25) is 10.0 Å². The molecule has 1 aromatic rings. The first-order chi connectivity index (χ1) is 8.65. The summed E-state index contributed by atoms with van der Waals surface area (Å²) in [6.45, 7) is 2.95. The quantitative estimate of drug-likeness (QED) is 0.634. The van der Waals surface area contributed by atoms with E-state index in [2.05, 4.69) is 22.5 Å². The van der Waals surface area contributed by atoms with Crippen LogP contribution in [0, 0.1) is 15.9 Å². The molecule has 0 saturated carbocycles. The second kappa shape index (κ2) is 5.95. The molecule has 0 unspecified atom stereocenters. The lowest BCUT2D eigenvalue weighted by Crippen LogP contribution is -2.26. The highest BCUT2D eigenvalue weighted by Gasteiger charge is 2.25. The van der Waals surface area contributed by atoms with E-state index in [9.17, 15) is 22.9 Å². The minimum Gasteiger partial charge on any atom is -0.258 e. The summed E-state index contributed by atoms with van der Waals surface area (Å²) in [6, 6.07) is 1.49. The van der Waals surface area contributed by atoms with Crippen molar-refractivity contribution in [3.05, 3.63) is 44.1 Å². The lowest BCUT2D eigenvalue weighted by Gasteiger charge is -2.08. The molecule has 0 spiro atoms. The molecule has 0 fully saturated rings. The molecule has 6 nitrogen and oxygen atoms in total. The predicted octanol–water partition coefficient (Wildman–Crippen LogP) is 2.53. The van der Waals surface area contributed by atoms with Crippen molar-refractivity contribution in [3.63, 3.8) is 0 Å². The number of nitro benzene ring substituents is 1. The summed E-state index contributed by atoms with van der Waals surface area (Å²) < 4.78 is 38.9. The molecule has 0 aliphatic rings. The van der Waals surface area contributed by atoms with Crippen molar-refractivity contribution < 1.29 is 17.7 Å². The van der Waals surface area contributed by atoms with Gasteiger partial charge in [-0.05, 0) is 15.9 Å². The van der Waals surface area contributed by atoms with E-state index < -0.39 is 31.3 Å². The average Bonchev–Trinajstić information content (AvgIpc) is 2.29. The second-order valence-electron chi connectivity index (χ2n) is 3.34. The van der Waals surface area contributed by atoms with Gasteiger partial charge in [-0.15, -0.1) is 0 Å². The Balaban J connectivity index is 3.33. The molecule has 1 rings (SSSR count). The molecular weight excluding hydrogens is 367 g/mol. The van der Waals surface area contributed by atoms with E-state index in [4.69, 9.17) is 11.6 Å². The van der Waals surface area contributed by atoms with Crippen LogP contribution in [0.1, 0.15) is 0 Å². The molecule has 0 bridgehead atoms. The Morgan fingerprint density at radius 3 is 2.63 bits per heavy atom. The maximum absolute atomic E-state index is 13.7. The first-order valence-electron chi connectivity index (χ1n) is 4.61. The van der Waals surface area contributed by atoms with Crippen molar-refractivity contribution in [1.82, 2.24) is 4.72 Å². The van der Waals surface area contributed by atoms with Crippen LogP contribution >= 0.6 is 27.5 Å². The summed E-state index contributed by atoms with van der Waals surface area (Å²) in [4.78, 5) is 8.95. The molecule has 1 aromatic carbocycles. The first kappa shape index (κ1) is 16.0. The number of hydrogen-bond acceptors (Lipinski definition) is 4. The minimum atomic E-state index is -4.27. The molecule has 1 N–H and O–H groups in total. The number of nitrogens with zero attached hydrogens (tertiary/aromatic N) is 1. The lowest BCUT2D eigenvalue weighted by atomic mass is 10.3. The summed E-state index contributed by atoms with van der Waals surface area (Å²) in [6.07, 6.45) is 0. The van der Waals surface area contributed by atoms with Gasteiger partial charge < -0.3 is 0 Å². The fourth-order valence-electron chi connectivity index (χ4n) is 1.10. The average molecular weight is 374 g/mol. The third-order valence-corrected chi connectivity index (χ3v) is 4.05.